The zero-order chi connectivity index (χ0) is 23.6. The van der Waals surface area contributed by atoms with Crippen LogP contribution in [0.3, 0.4) is 0 Å². The predicted molar refractivity (Wildman–Crippen MR) is 125 cm³/mol. The fourth-order valence-electron chi connectivity index (χ4n) is 4.66. The summed E-state index contributed by atoms with van der Waals surface area (Å²) in [5, 5.41) is 3.51. The number of nitrogen functional groups attached to an aromatic ring is 1. The predicted octanol–water partition coefficient (Wildman–Crippen LogP) is 4.87. The van der Waals surface area contributed by atoms with Crippen LogP contribution < -0.4 is 16.0 Å². The van der Waals surface area contributed by atoms with Crippen LogP contribution in [0.4, 0.5) is 25.1 Å². The molecule has 4 aromatic rings. The van der Waals surface area contributed by atoms with E-state index in [2.05, 4.69) is 19.9 Å². The molecule has 1 unspecified atom stereocenters. The zero-order valence-corrected chi connectivity index (χ0v) is 18.4. The molecule has 2 amide bonds. The molecular weight excluding hydrogens is 438 g/mol. The number of hydrogen-bond donors (Lipinski definition) is 2. The van der Waals surface area contributed by atoms with Crippen LogP contribution in [0.5, 0.6) is 0 Å². The Hall–Kier alpha value is -4.01. The number of anilines is 2. The number of rotatable bonds is 4. The number of nitrogens with zero attached hydrogens (tertiary/aromatic N) is 4. The Bertz CT molecular complexity index is 1440. The second-order valence-corrected chi connectivity index (χ2v) is 8.86. The molecule has 3 N–H and O–H groups in total. The van der Waals surface area contributed by atoms with Gasteiger partial charge in [-0.05, 0) is 55.7 Å². The molecule has 6 rings (SSSR count). The molecule has 172 valence electrons. The van der Waals surface area contributed by atoms with Crippen molar-refractivity contribution < 1.29 is 13.6 Å². The Morgan fingerprint density at radius 2 is 1.82 bits per heavy atom. The minimum absolute atomic E-state index is 0.310. The molecule has 34 heavy (non-hydrogen) atoms. The minimum Gasteiger partial charge on any atom is -0.383 e. The molecule has 1 atom stereocenters. The summed E-state index contributed by atoms with van der Waals surface area (Å²) in [6.07, 6.45) is 4.00. The van der Waals surface area contributed by atoms with Gasteiger partial charge >= 0.3 is 6.03 Å². The molecule has 1 aliphatic carbocycles. The van der Waals surface area contributed by atoms with Crippen LogP contribution in [0.25, 0.3) is 22.2 Å². The summed E-state index contributed by atoms with van der Waals surface area (Å²) in [5.74, 6) is 0.0849. The molecular formula is C25H22F2N6O. The first-order valence-electron chi connectivity index (χ1n) is 11.2. The quantitative estimate of drug-likeness (QED) is 0.455. The molecule has 2 aromatic heterocycles. The number of halogens is 2. The monoisotopic (exact) mass is 460 g/mol. The summed E-state index contributed by atoms with van der Waals surface area (Å²) >= 11 is 0. The van der Waals surface area contributed by atoms with E-state index in [1.54, 1.807) is 31.2 Å². The van der Waals surface area contributed by atoms with Crippen molar-refractivity contribution in [3.63, 3.8) is 0 Å². The Morgan fingerprint density at radius 1 is 1.06 bits per heavy atom. The van der Waals surface area contributed by atoms with Gasteiger partial charge in [0.15, 0.2) is 0 Å². The number of nitrogens with two attached hydrogens (primary N) is 1. The van der Waals surface area contributed by atoms with Crippen LogP contribution in [0, 0.1) is 18.6 Å². The van der Waals surface area contributed by atoms with Crippen LogP contribution in [0.15, 0.2) is 48.7 Å². The maximum absolute atomic E-state index is 15.5. The number of carbonyl (C=O) groups is 1. The smallest absolute Gasteiger partial charge is 0.322 e. The number of urea groups is 1. The fraction of sp³-hybridized carbons (Fsp3) is 0.240. The minimum atomic E-state index is -0.467. The van der Waals surface area contributed by atoms with Crippen LogP contribution >= 0.6 is 0 Å². The highest BCUT2D eigenvalue weighted by Crippen LogP contribution is 2.43. The van der Waals surface area contributed by atoms with Gasteiger partial charge in [0, 0.05) is 29.1 Å². The van der Waals surface area contributed by atoms with Gasteiger partial charge in [-0.3, -0.25) is 4.90 Å². The van der Waals surface area contributed by atoms with Crippen molar-refractivity contribution in [2.45, 2.75) is 31.8 Å². The Balaban J connectivity index is 1.36. The molecule has 3 heterocycles. The molecule has 1 saturated heterocycles. The lowest BCUT2D eigenvalue weighted by Gasteiger charge is -2.16. The van der Waals surface area contributed by atoms with Gasteiger partial charge in [-0.2, -0.15) is 0 Å². The first kappa shape index (κ1) is 20.6. The van der Waals surface area contributed by atoms with Gasteiger partial charge in [-0.25, -0.2) is 23.5 Å². The van der Waals surface area contributed by atoms with E-state index < -0.39 is 5.82 Å². The van der Waals surface area contributed by atoms with Crippen molar-refractivity contribution in [2.75, 3.05) is 17.2 Å². The molecule has 0 radical (unpaired) electrons. The van der Waals surface area contributed by atoms with E-state index in [0.717, 1.165) is 18.4 Å². The third-order valence-corrected chi connectivity index (χ3v) is 6.49. The average molecular weight is 460 g/mol. The van der Waals surface area contributed by atoms with Crippen LogP contribution in [-0.4, -0.2) is 27.1 Å². The van der Waals surface area contributed by atoms with Gasteiger partial charge < -0.3 is 15.6 Å². The van der Waals surface area contributed by atoms with Gasteiger partial charge in [0.1, 0.15) is 28.9 Å². The second kappa shape index (κ2) is 7.51. The number of carbonyl (C=O) groups excluding carboxylic acids is 1. The topological polar surface area (TPSA) is 89.1 Å². The Labute approximate surface area is 194 Å². The Kier molecular flexibility index (Phi) is 4.55. The molecule has 0 spiro atoms. The zero-order valence-electron chi connectivity index (χ0n) is 18.4. The number of benzene rings is 2. The molecule has 1 saturated carbocycles. The number of aryl methyl sites for hydroxylation is 1. The van der Waals surface area contributed by atoms with Gasteiger partial charge in [-0.15, -0.1) is 0 Å². The maximum Gasteiger partial charge on any atom is 0.322 e. The first-order valence-corrected chi connectivity index (χ1v) is 11.2. The van der Waals surface area contributed by atoms with Crippen molar-refractivity contribution in [1.29, 1.82) is 0 Å². The van der Waals surface area contributed by atoms with Crippen molar-refractivity contribution in [1.82, 2.24) is 19.9 Å². The highest BCUT2D eigenvalue weighted by Gasteiger charge is 2.32. The van der Waals surface area contributed by atoms with E-state index in [-0.39, 0.29) is 17.9 Å². The largest absolute Gasteiger partial charge is 0.383 e. The summed E-state index contributed by atoms with van der Waals surface area (Å²) in [4.78, 5) is 23.0. The standard InChI is InChI=1S/C25H22F2N6O/c1-13-29-23(28)22-19(11-32(16-6-7-16)24(22)30-13)18-9-8-17(10-20(18)27)33-12-21(31-25(33)34)14-2-4-15(26)5-3-14/h2-5,8-11,16,21H,6-7,12H2,1H3,(H,31,34)(H2,28,29,30). The third-order valence-electron chi connectivity index (χ3n) is 6.49. The summed E-state index contributed by atoms with van der Waals surface area (Å²) < 4.78 is 30.8. The maximum atomic E-state index is 15.5. The van der Waals surface area contributed by atoms with E-state index >= 15 is 4.39 Å². The van der Waals surface area contributed by atoms with Crippen molar-refractivity contribution in [2.24, 2.45) is 0 Å². The lowest BCUT2D eigenvalue weighted by molar-refractivity contribution is 0.251. The highest BCUT2D eigenvalue weighted by atomic mass is 19.1. The average Bonchev–Trinajstić information content (AvgIpc) is 3.47. The van der Waals surface area contributed by atoms with Crippen LogP contribution in [0.1, 0.15) is 36.3 Å². The van der Waals surface area contributed by atoms with Crippen LogP contribution in [0.2, 0.25) is 0 Å². The van der Waals surface area contributed by atoms with Crippen molar-refractivity contribution in [3.8, 4) is 11.1 Å². The van der Waals surface area contributed by atoms with Crippen LogP contribution in [-0.2, 0) is 0 Å². The lowest BCUT2D eigenvalue weighted by atomic mass is 10.0. The first-order chi connectivity index (χ1) is 16.4. The van der Waals surface area contributed by atoms with Crippen molar-refractivity contribution >= 4 is 28.6 Å². The van der Waals surface area contributed by atoms with Gasteiger partial charge in [0.05, 0.1) is 18.0 Å². The van der Waals surface area contributed by atoms with E-state index in [1.807, 2.05) is 6.20 Å². The van der Waals surface area contributed by atoms with E-state index in [0.29, 0.717) is 52.1 Å². The number of hydrogen-bond acceptors (Lipinski definition) is 4. The van der Waals surface area contributed by atoms with Crippen molar-refractivity contribution in [3.05, 3.63) is 71.7 Å². The summed E-state index contributed by atoms with van der Waals surface area (Å²) in [7, 11) is 0. The van der Waals surface area contributed by atoms with Gasteiger partial charge in [-0.1, -0.05) is 12.1 Å². The van der Waals surface area contributed by atoms with Gasteiger partial charge in [0.2, 0.25) is 0 Å². The third kappa shape index (κ3) is 3.35. The fourth-order valence-corrected chi connectivity index (χ4v) is 4.66. The Morgan fingerprint density at radius 3 is 2.53 bits per heavy atom. The summed E-state index contributed by atoms with van der Waals surface area (Å²) in [6, 6.07) is 10.4. The SMILES string of the molecule is Cc1nc(N)c2c(-c3ccc(N4CC(c5ccc(F)cc5)NC4=O)cc3F)cn(C3CC3)c2n1. The molecule has 2 aromatic carbocycles. The lowest BCUT2D eigenvalue weighted by Crippen LogP contribution is -2.27. The number of aromatic nitrogens is 3. The summed E-state index contributed by atoms with van der Waals surface area (Å²) in [6.45, 7) is 2.10. The molecule has 0 bridgehead atoms. The number of nitrogens with one attached hydrogen (secondary N) is 1. The number of amides is 2. The second-order valence-electron chi connectivity index (χ2n) is 8.86. The molecule has 2 fully saturated rings. The van der Waals surface area contributed by atoms with E-state index in [4.69, 9.17) is 5.73 Å². The molecule has 1 aliphatic heterocycles. The molecule has 2 aliphatic rings. The number of fused-ring (bicyclic) bond motifs is 1. The van der Waals surface area contributed by atoms with E-state index in [1.165, 1.54) is 23.1 Å². The highest BCUT2D eigenvalue weighted by molar-refractivity contribution is 6.01. The normalized spacial score (nSPS) is 18.0. The van der Waals surface area contributed by atoms with Gasteiger partial charge in [0.25, 0.3) is 0 Å². The molecule has 7 nitrogen and oxygen atoms in total. The van der Waals surface area contributed by atoms with E-state index in [9.17, 15) is 9.18 Å². The summed E-state index contributed by atoms with van der Waals surface area (Å²) in [5.41, 5.74) is 9.19. The molecule has 9 heteroatoms.